The van der Waals surface area contributed by atoms with Crippen molar-refractivity contribution >= 4 is 17.3 Å². The molecule has 0 atom stereocenters. The van der Waals surface area contributed by atoms with Crippen molar-refractivity contribution < 1.29 is 14.3 Å². The van der Waals surface area contributed by atoms with Crippen molar-refractivity contribution in [3.63, 3.8) is 0 Å². The summed E-state index contributed by atoms with van der Waals surface area (Å²) in [5, 5.41) is 15.3. The van der Waals surface area contributed by atoms with Gasteiger partial charge in [-0.05, 0) is 36.1 Å². The molecule has 0 aliphatic carbocycles. The van der Waals surface area contributed by atoms with Gasteiger partial charge in [-0.25, -0.2) is 0 Å². The van der Waals surface area contributed by atoms with Crippen LogP contribution in [0, 0.1) is 18.3 Å². The van der Waals surface area contributed by atoms with Crippen LogP contribution < -0.4 is 20.1 Å². The van der Waals surface area contributed by atoms with E-state index in [0.717, 1.165) is 16.8 Å². The van der Waals surface area contributed by atoms with Crippen molar-refractivity contribution in [2.24, 2.45) is 0 Å². The highest BCUT2D eigenvalue weighted by molar-refractivity contribution is 6.07. The van der Waals surface area contributed by atoms with Gasteiger partial charge in [0.2, 0.25) is 0 Å². The second-order valence-corrected chi connectivity index (χ2v) is 6.53. The first kappa shape index (κ1) is 20.8. The summed E-state index contributed by atoms with van der Waals surface area (Å²) in [7, 11) is 3.10. The third-order valence-corrected chi connectivity index (χ3v) is 4.30. The van der Waals surface area contributed by atoms with Gasteiger partial charge in [-0.2, -0.15) is 5.26 Å². The Labute approximate surface area is 165 Å². The number of rotatable bonds is 7. The minimum Gasteiger partial charge on any atom is -0.493 e. The first-order valence-corrected chi connectivity index (χ1v) is 8.91. The van der Waals surface area contributed by atoms with Gasteiger partial charge in [-0.15, -0.1) is 0 Å². The molecule has 6 nitrogen and oxygen atoms in total. The number of para-hydroxylation sites is 1. The average Bonchev–Trinajstić information content (AvgIpc) is 2.69. The van der Waals surface area contributed by atoms with Gasteiger partial charge < -0.3 is 20.1 Å². The van der Waals surface area contributed by atoms with Gasteiger partial charge in [-0.1, -0.05) is 32.0 Å². The van der Waals surface area contributed by atoms with Crippen LogP contribution in [-0.2, 0) is 4.79 Å². The predicted octanol–water partition coefficient (Wildman–Crippen LogP) is 4.59. The van der Waals surface area contributed by atoms with Gasteiger partial charge in [0.1, 0.15) is 11.6 Å². The molecule has 2 N–H and O–H groups in total. The van der Waals surface area contributed by atoms with Gasteiger partial charge in [0.25, 0.3) is 5.91 Å². The van der Waals surface area contributed by atoms with E-state index in [1.165, 1.54) is 6.20 Å². The third-order valence-electron chi connectivity index (χ3n) is 4.30. The van der Waals surface area contributed by atoms with E-state index in [0.29, 0.717) is 17.2 Å². The van der Waals surface area contributed by atoms with Crippen LogP contribution in [-0.4, -0.2) is 20.1 Å². The quantitative estimate of drug-likeness (QED) is 0.543. The molecule has 0 unspecified atom stereocenters. The van der Waals surface area contributed by atoms with E-state index >= 15 is 0 Å². The molecule has 146 valence electrons. The number of carbonyl (C=O) groups is 1. The summed E-state index contributed by atoms with van der Waals surface area (Å²) in [6.07, 6.45) is 1.38. The molecule has 0 saturated heterocycles. The first-order valence-electron chi connectivity index (χ1n) is 8.91. The van der Waals surface area contributed by atoms with Crippen LogP contribution >= 0.6 is 0 Å². The van der Waals surface area contributed by atoms with Crippen molar-refractivity contribution in [2.45, 2.75) is 26.7 Å². The van der Waals surface area contributed by atoms with Crippen LogP contribution in [0.25, 0.3) is 0 Å². The molecule has 0 fully saturated rings. The number of nitrogens with one attached hydrogen (secondary N) is 2. The summed E-state index contributed by atoms with van der Waals surface area (Å²) in [5.74, 6) is 0.919. The molecule has 2 aromatic carbocycles. The molecule has 0 aromatic heterocycles. The summed E-state index contributed by atoms with van der Waals surface area (Å²) in [6.45, 7) is 6.05. The minimum absolute atomic E-state index is 0.0345. The zero-order valence-electron chi connectivity index (χ0n) is 16.8. The second kappa shape index (κ2) is 9.47. The lowest BCUT2D eigenvalue weighted by Crippen LogP contribution is -2.17. The maximum Gasteiger partial charge on any atom is 0.267 e. The maximum atomic E-state index is 12.6. The Bertz CT molecular complexity index is 927. The van der Waals surface area contributed by atoms with Crippen LogP contribution in [0.2, 0.25) is 0 Å². The predicted molar refractivity (Wildman–Crippen MR) is 111 cm³/mol. The maximum absolute atomic E-state index is 12.6. The number of amides is 1. The normalized spacial score (nSPS) is 11.0. The lowest BCUT2D eigenvalue weighted by atomic mass is 9.98. The van der Waals surface area contributed by atoms with E-state index in [2.05, 4.69) is 24.5 Å². The Hall–Kier alpha value is -3.46. The zero-order valence-corrected chi connectivity index (χ0v) is 16.8. The summed E-state index contributed by atoms with van der Waals surface area (Å²) < 4.78 is 10.5. The Balaban J connectivity index is 2.22. The van der Waals surface area contributed by atoms with Gasteiger partial charge in [0.05, 0.1) is 14.2 Å². The molecule has 1 amide bonds. The molecule has 0 radical (unpaired) electrons. The first-order chi connectivity index (χ1) is 13.4. The molecule has 0 aliphatic rings. The second-order valence-electron chi connectivity index (χ2n) is 6.53. The van der Waals surface area contributed by atoms with Gasteiger partial charge in [0, 0.05) is 23.6 Å². The van der Waals surface area contributed by atoms with E-state index in [9.17, 15) is 10.1 Å². The number of methoxy groups -OCH3 is 2. The van der Waals surface area contributed by atoms with E-state index in [1.807, 2.05) is 31.2 Å². The summed E-state index contributed by atoms with van der Waals surface area (Å²) in [5.41, 5.74) is 3.35. The topological polar surface area (TPSA) is 83.4 Å². The Morgan fingerprint density at radius 3 is 2.46 bits per heavy atom. The molecule has 2 rings (SSSR count). The lowest BCUT2D eigenvalue weighted by molar-refractivity contribution is -0.112. The zero-order chi connectivity index (χ0) is 20.7. The minimum atomic E-state index is -0.466. The van der Waals surface area contributed by atoms with Gasteiger partial charge >= 0.3 is 0 Å². The largest absolute Gasteiger partial charge is 0.493 e. The monoisotopic (exact) mass is 379 g/mol. The number of benzene rings is 2. The summed E-state index contributed by atoms with van der Waals surface area (Å²) in [6, 6.07) is 13.0. The average molecular weight is 379 g/mol. The number of aryl methyl sites for hydroxylation is 1. The van der Waals surface area contributed by atoms with E-state index < -0.39 is 5.91 Å². The van der Waals surface area contributed by atoms with Gasteiger partial charge in [-0.3, -0.25) is 4.79 Å². The summed E-state index contributed by atoms with van der Waals surface area (Å²) >= 11 is 0. The molecular formula is C22H25N3O3. The fourth-order valence-electron chi connectivity index (χ4n) is 2.75. The van der Waals surface area contributed by atoms with Crippen LogP contribution in [0.1, 0.15) is 30.9 Å². The summed E-state index contributed by atoms with van der Waals surface area (Å²) in [4.78, 5) is 12.6. The van der Waals surface area contributed by atoms with E-state index in [-0.39, 0.29) is 11.5 Å². The number of hydrogen-bond acceptors (Lipinski definition) is 5. The molecule has 0 aliphatic heterocycles. The molecule has 0 saturated carbocycles. The smallest absolute Gasteiger partial charge is 0.267 e. The SMILES string of the molecule is COc1ccc(N/C=C(/C#N)C(=O)Nc2c(C)cccc2C(C)C)cc1OC. The van der Waals surface area contributed by atoms with Crippen molar-refractivity contribution in [2.75, 3.05) is 24.9 Å². The number of anilines is 2. The van der Waals surface area contributed by atoms with Crippen LogP contribution in [0.3, 0.4) is 0 Å². The fourth-order valence-corrected chi connectivity index (χ4v) is 2.75. The molecule has 28 heavy (non-hydrogen) atoms. The molecule has 0 heterocycles. The van der Waals surface area contributed by atoms with Crippen LogP contribution in [0.4, 0.5) is 11.4 Å². The Morgan fingerprint density at radius 1 is 1.14 bits per heavy atom. The lowest BCUT2D eigenvalue weighted by Gasteiger charge is -2.16. The van der Waals surface area contributed by atoms with Crippen LogP contribution in [0.15, 0.2) is 48.2 Å². The highest BCUT2D eigenvalue weighted by atomic mass is 16.5. The Morgan fingerprint density at radius 2 is 1.86 bits per heavy atom. The standard InChI is InChI=1S/C22H25N3O3/c1-14(2)18-8-6-7-15(3)21(18)25-22(26)16(12-23)13-24-17-9-10-19(27-4)20(11-17)28-5/h6-11,13-14,24H,1-5H3,(H,25,26)/b16-13-. The molecule has 0 spiro atoms. The molecule has 0 bridgehead atoms. The molecule has 2 aromatic rings. The van der Waals surface area contributed by atoms with Crippen LogP contribution in [0.5, 0.6) is 11.5 Å². The third kappa shape index (κ3) is 4.83. The molecule has 6 heteroatoms. The van der Waals surface area contributed by atoms with E-state index in [4.69, 9.17) is 9.47 Å². The highest BCUT2D eigenvalue weighted by Gasteiger charge is 2.15. The van der Waals surface area contributed by atoms with Gasteiger partial charge in [0.15, 0.2) is 11.5 Å². The van der Waals surface area contributed by atoms with E-state index in [1.54, 1.807) is 32.4 Å². The molecular weight excluding hydrogens is 354 g/mol. The van der Waals surface area contributed by atoms with Crippen molar-refractivity contribution in [1.82, 2.24) is 0 Å². The number of hydrogen-bond donors (Lipinski definition) is 2. The highest BCUT2D eigenvalue weighted by Crippen LogP contribution is 2.30. The fraction of sp³-hybridized carbons (Fsp3) is 0.273. The van der Waals surface area contributed by atoms with Crippen molar-refractivity contribution in [3.05, 3.63) is 59.3 Å². The number of ether oxygens (including phenoxy) is 2. The number of nitrogens with zero attached hydrogens (tertiary/aromatic N) is 1. The van der Waals surface area contributed by atoms with Crippen molar-refractivity contribution in [3.8, 4) is 17.6 Å². The number of nitriles is 1. The Kier molecular flexibility index (Phi) is 7.05. The number of carbonyl (C=O) groups excluding carboxylic acids is 1. The van der Waals surface area contributed by atoms with Crippen molar-refractivity contribution in [1.29, 1.82) is 5.26 Å².